The Hall–Kier alpha value is -1.58. The first-order chi connectivity index (χ1) is 9.40. The van der Waals surface area contributed by atoms with E-state index in [1.54, 1.807) is 0 Å². The van der Waals surface area contributed by atoms with E-state index in [-0.39, 0.29) is 0 Å². The number of thiocarbonyl (C=S) groups is 1. The van der Waals surface area contributed by atoms with Crippen molar-refractivity contribution in [2.75, 3.05) is 0 Å². The van der Waals surface area contributed by atoms with Gasteiger partial charge in [0.05, 0.1) is 5.56 Å². The minimum Gasteiger partial charge on any atom is -0.456 e. The number of para-hydroxylation sites is 1. The maximum atomic E-state index is 6.17. The Kier molecular flexibility index (Phi) is 4.31. The van der Waals surface area contributed by atoms with Gasteiger partial charge in [-0.1, -0.05) is 36.0 Å². The summed E-state index contributed by atoms with van der Waals surface area (Å²) in [5, 5.41) is 0.761. The quantitative estimate of drug-likeness (QED) is 0.835. The van der Waals surface area contributed by atoms with Crippen LogP contribution in [-0.2, 0) is 0 Å². The predicted octanol–water partition coefficient (Wildman–Crippen LogP) is 4.69. The van der Waals surface area contributed by atoms with E-state index in [0.29, 0.717) is 10.7 Å². The molecule has 0 aliphatic rings. The molecule has 0 saturated heterocycles. The third-order valence-corrected chi connectivity index (χ3v) is 3.92. The van der Waals surface area contributed by atoms with Crippen LogP contribution in [0, 0.1) is 20.8 Å². The predicted molar refractivity (Wildman–Crippen MR) is 88.1 cm³/mol. The Bertz CT molecular complexity index is 659. The summed E-state index contributed by atoms with van der Waals surface area (Å²) in [6.07, 6.45) is 0. The first-order valence-electron chi connectivity index (χ1n) is 6.24. The van der Waals surface area contributed by atoms with Crippen molar-refractivity contribution >= 4 is 28.8 Å². The van der Waals surface area contributed by atoms with Gasteiger partial charge in [-0.05, 0) is 55.7 Å². The Morgan fingerprint density at radius 1 is 1.10 bits per heavy atom. The summed E-state index contributed by atoms with van der Waals surface area (Å²) in [5.41, 5.74) is 9.44. The molecule has 20 heavy (non-hydrogen) atoms. The second-order valence-corrected chi connectivity index (χ2v) is 5.61. The minimum atomic E-state index is 0.325. The molecule has 0 atom stereocenters. The highest BCUT2D eigenvalue weighted by Crippen LogP contribution is 2.32. The average Bonchev–Trinajstić information content (AvgIpc) is 2.38. The van der Waals surface area contributed by atoms with E-state index in [4.69, 9.17) is 34.3 Å². The molecule has 0 unspecified atom stereocenters. The van der Waals surface area contributed by atoms with Crippen molar-refractivity contribution in [1.29, 1.82) is 0 Å². The molecule has 0 bridgehead atoms. The molecule has 0 heterocycles. The van der Waals surface area contributed by atoms with Crippen LogP contribution in [0.3, 0.4) is 0 Å². The van der Waals surface area contributed by atoms with Crippen molar-refractivity contribution < 1.29 is 4.74 Å². The summed E-state index contributed by atoms with van der Waals surface area (Å²) >= 11 is 11.2. The number of aryl methyl sites for hydroxylation is 3. The topological polar surface area (TPSA) is 35.2 Å². The highest BCUT2D eigenvalue weighted by Gasteiger charge is 2.12. The molecular weight excluding hydrogens is 290 g/mol. The van der Waals surface area contributed by atoms with Crippen LogP contribution in [-0.4, -0.2) is 4.99 Å². The molecule has 0 saturated carbocycles. The fourth-order valence-electron chi connectivity index (χ4n) is 2.06. The van der Waals surface area contributed by atoms with E-state index in [1.807, 2.05) is 51.1 Å². The average molecular weight is 306 g/mol. The molecule has 0 aliphatic heterocycles. The van der Waals surface area contributed by atoms with E-state index < -0.39 is 0 Å². The zero-order valence-electron chi connectivity index (χ0n) is 11.7. The summed E-state index contributed by atoms with van der Waals surface area (Å²) in [6, 6.07) is 9.55. The first-order valence-corrected chi connectivity index (χ1v) is 7.02. The van der Waals surface area contributed by atoms with Gasteiger partial charge in [-0.3, -0.25) is 0 Å². The third-order valence-electron chi connectivity index (χ3n) is 3.11. The van der Waals surface area contributed by atoms with Crippen molar-refractivity contribution in [2.24, 2.45) is 5.73 Å². The van der Waals surface area contributed by atoms with Crippen LogP contribution in [0.1, 0.15) is 22.3 Å². The van der Waals surface area contributed by atoms with E-state index in [1.165, 1.54) is 0 Å². The van der Waals surface area contributed by atoms with E-state index in [9.17, 15) is 0 Å². The standard InChI is InChI=1S/C16H16ClNOS/c1-9-5-4-6-13(16(18)20)15(9)19-12-7-10(2)14(17)11(3)8-12/h4-8H,1-3H3,(H2,18,20). The van der Waals surface area contributed by atoms with Gasteiger partial charge in [-0.15, -0.1) is 0 Å². The SMILES string of the molecule is Cc1cc(Oc2c(C)cccc2C(N)=S)cc(C)c1Cl. The molecule has 0 radical (unpaired) electrons. The van der Waals surface area contributed by atoms with Gasteiger partial charge < -0.3 is 10.5 Å². The van der Waals surface area contributed by atoms with Crippen LogP contribution in [0.5, 0.6) is 11.5 Å². The Labute approximate surface area is 129 Å². The number of nitrogens with two attached hydrogens (primary N) is 1. The van der Waals surface area contributed by atoms with Crippen LogP contribution in [0.4, 0.5) is 0 Å². The monoisotopic (exact) mass is 305 g/mol. The molecule has 4 heteroatoms. The van der Waals surface area contributed by atoms with Gasteiger partial charge in [0.15, 0.2) is 0 Å². The first kappa shape index (κ1) is 14.8. The molecule has 0 spiro atoms. The molecule has 2 aromatic rings. The molecule has 2 aromatic carbocycles. The zero-order chi connectivity index (χ0) is 14.9. The van der Waals surface area contributed by atoms with Crippen LogP contribution in [0.2, 0.25) is 5.02 Å². The minimum absolute atomic E-state index is 0.325. The Balaban J connectivity index is 2.47. The van der Waals surface area contributed by atoms with Crippen LogP contribution < -0.4 is 10.5 Å². The molecule has 0 fully saturated rings. The molecular formula is C16H16ClNOS. The van der Waals surface area contributed by atoms with Crippen LogP contribution >= 0.6 is 23.8 Å². The number of hydrogen-bond acceptors (Lipinski definition) is 2. The lowest BCUT2D eigenvalue weighted by molar-refractivity contribution is 0.477. The Morgan fingerprint density at radius 2 is 1.70 bits per heavy atom. The third kappa shape index (κ3) is 2.94. The molecule has 2 nitrogen and oxygen atoms in total. The maximum Gasteiger partial charge on any atom is 0.140 e. The number of benzene rings is 2. The highest BCUT2D eigenvalue weighted by molar-refractivity contribution is 7.80. The molecule has 0 aromatic heterocycles. The lowest BCUT2D eigenvalue weighted by Gasteiger charge is -2.14. The second kappa shape index (κ2) is 5.81. The molecule has 2 rings (SSSR count). The normalized spacial score (nSPS) is 10.4. The summed E-state index contributed by atoms with van der Waals surface area (Å²) in [5.74, 6) is 1.43. The van der Waals surface area contributed by atoms with Gasteiger partial charge in [0.1, 0.15) is 16.5 Å². The fourth-order valence-corrected chi connectivity index (χ4v) is 2.33. The summed E-state index contributed by atoms with van der Waals surface area (Å²) < 4.78 is 5.99. The molecule has 104 valence electrons. The van der Waals surface area contributed by atoms with Crippen molar-refractivity contribution in [3.63, 3.8) is 0 Å². The van der Waals surface area contributed by atoms with Gasteiger partial charge in [-0.2, -0.15) is 0 Å². The summed E-state index contributed by atoms with van der Waals surface area (Å²) in [6.45, 7) is 5.87. The lowest BCUT2D eigenvalue weighted by Crippen LogP contribution is -2.11. The van der Waals surface area contributed by atoms with E-state index in [2.05, 4.69) is 0 Å². The van der Waals surface area contributed by atoms with Gasteiger partial charge in [0, 0.05) is 5.02 Å². The van der Waals surface area contributed by atoms with Gasteiger partial charge >= 0.3 is 0 Å². The maximum absolute atomic E-state index is 6.17. The van der Waals surface area contributed by atoms with Crippen molar-refractivity contribution in [3.05, 3.63) is 57.6 Å². The largest absolute Gasteiger partial charge is 0.456 e. The number of rotatable bonds is 3. The number of ether oxygens (including phenoxy) is 1. The van der Waals surface area contributed by atoms with Crippen molar-refractivity contribution in [2.45, 2.75) is 20.8 Å². The van der Waals surface area contributed by atoms with Gasteiger partial charge in [0.25, 0.3) is 0 Å². The smallest absolute Gasteiger partial charge is 0.140 e. The van der Waals surface area contributed by atoms with E-state index in [0.717, 1.165) is 33.0 Å². The molecule has 2 N–H and O–H groups in total. The molecule has 0 aliphatic carbocycles. The van der Waals surface area contributed by atoms with Gasteiger partial charge in [0.2, 0.25) is 0 Å². The second-order valence-electron chi connectivity index (χ2n) is 4.79. The summed E-state index contributed by atoms with van der Waals surface area (Å²) in [4.78, 5) is 0.325. The highest BCUT2D eigenvalue weighted by atomic mass is 35.5. The molecule has 0 amide bonds. The van der Waals surface area contributed by atoms with E-state index >= 15 is 0 Å². The number of hydrogen-bond donors (Lipinski definition) is 1. The van der Waals surface area contributed by atoms with Crippen LogP contribution in [0.15, 0.2) is 30.3 Å². The Morgan fingerprint density at radius 3 is 2.25 bits per heavy atom. The van der Waals surface area contributed by atoms with Crippen molar-refractivity contribution in [1.82, 2.24) is 0 Å². The summed E-state index contributed by atoms with van der Waals surface area (Å²) in [7, 11) is 0. The lowest BCUT2D eigenvalue weighted by atomic mass is 10.1. The fraction of sp³-hybridized carbons (Fsp3) is 0.188. The zero-order valence-corrected chi connectivity index (χ0v) is 13.2. The van der Waals surface area contributed by atoms with Crippen molar-refractivity contribution in [3.8, 4) is 11.5 Å². The number of halogens is 1. The van der Waals surface area contributed by atoms with Crippen LogP contribution in [0.25, 0.3) is 0 Å². The van der Waals surface area contributed by atoms with Gasteiger partial charge in [-0.25, -0.2) is 0 Å².